The van der Waals surface area contributed by atoms with E-state index in [-0.39, 0.29) is 11.0 Å². The fourth-order valence-electron chi connectivity index (χ4n) is 1.98. The molecule has 2 aromatic rings. The third kappa shape index (κ3) is 4.22. The lowest BCUT2D eigenvalue weighted by Crippen LogP contribution is -2.18. The van der Waals surface area contributed by atoms with Crippen LogP contribution in [0.5, 0.6) is 0 Å². The lowest BCUT2D eigenvalue weighted by atomic mass is 9.87. The molecule has 1 N–H and O–H groups in total. The van der Waals surface area contributed by atoms with Crippen molar-refractivity contribution in [3.63, 3.8) is 0 Å². The molecule has 0 unspecified atom stereocenters. The van der Waals surface area contributed by atoms with Gasteiger partial charge in [0.1, 0.15) is 11.6 Å². The van der Waals surface area contributed by atoms with Crippen LogP contribution in [0.25, 0.3) is 0 Å². The van der Waals surface area contributed by atoms with E-state index in [9.17, 15) is 13.6 Å². The molecule has 1 amide bonds. The molecule has 0 aliphatic rings. The summed E-state index contributed by atoms with van der Waals surface area (Å²) in [5.74, 6) is -1.92. The third-order valence-electron chi connectivity index (χ3n) is 3.37. The Hall–Kier alpha value is -2.56. The molecule has 0 aliphatic carbocycles. The van der Waals surface area contributed by atoms with Gasteiger partial charge < -0.3 is 0 Å². The van der Waals surface area contributed by atoms with Crippen LogP contribution in [-0.4, -0.2) is 12.1 Å². The lowest BCUT2D eigenvalue weighted by Gasteiger charge is -2.18. The summed E-state index contributed by atoms with van der Waals surface area (Å²) >= 11 is 0. The highest BCUT2D eigenvalue weighted by molar-refractivity contribution is 5.94. The fourth-order valence-corrected chi connectivity index (χ4v) is 1.98. The second kappa shape index (κ2) is 6.69. The zero-order valence-electron chi connectivity index (χ0n) is 13.2. The first kappa shape index (κ1) is 16.8. The van der Waals surface area contributed by atoms with E-state index >= 15 is 0 Å². The zero-order chi connectivity index (χ0) is 17.0. The maximum atomic E-state index is 13.4. The van der Waals surface area contributed by atoms with Crippen molar-refractivity contribution in [2.45, 2.75) is 26.2 Å². The predicted molar refractivity (Wildman–Crippen MR) is 86.6 cm³/mol. The third-order valence-corrected chi connectivity index (χ3v) is 3.37. The predicted octanol–water partition coefficient (Wildman–Crippen LogP) is 4.03. The monoisotopic (exact) mass is 316 g/mol. The first-order chi connectivity index (χ1) is 10.8. The summed E-state index contributed by atoms with van der Waals surface area (Å²) in [4.78, 5) is 12.0. The number of rotatable bonds is 3. The van der Waals surface area contributed by atoms with Gasteiger partial charge in [0.25, 0.3) is 5.91 Å². The van der Waals surface area contributed by atoms with E-state index < -0.39 is 17.5 Å². The van der Waals surface area contributed by atoms with Gasteiger partial charge in [0.15, 0.2) is 0 Å². The first-order valence-electron chi connectivity index (χ1n) is 7.17. The summed E-state index contributed by atoms with van der Waals surface area (Å²) in [7, 11) is 0. The molecule has 0 radical (unpaired) electrons. The lowest BCUT2D eigenvalue weighted by molar-refractivity contribution is 0.0955. The normalized spacial score (nSPS) is 11.7. The summed E-state index contributed by atoms with van der Waals surface area (Å²) in [5.41, 5.74) is 3.48. The number of hydrogen-bond acceptors (Lipinski definition) is 2. The first-order valence-corrected chi connectivity index (χ1v) is 7.17. The van der Waals surface area contributed by atoms with E-state index in [0.717, 1.165) is 23.9 Å². The second-order valence-corrected chi connectivity index (χ2v) is 6.16. The molecule has 3 nitrogen and oxygen atoms in total. The molecule has 0 bridgehead atoms. The van der Waals surface area contributed by atoms with Crippen molar-refractivity contribution in [3.05, 3.63) is 70.8 Å². The molecule has 0 aliphatic heterocycles. The molecule has 0 atom stereocenters. The zero-order valence-corrected chi connectivity index (χ0v) is 13.2. The second-order valence-electron chi connectivity index (χ2n) is 6.16. The summed E-state index contributed by atoms with van der Waals surface area (Å²) in [6, 6.07) is 10.6. The van der Waals surface area contributed by atoms with Crippen LogP contribution in [0.1, 0.15) is 42.3 Å². The number of carbonyl (C=O) groups is 1. The molecule has 0 saturated heterocycles. The van der Waals surface area contributed by atoms with Crippen LogP contribution >= 0.6 is 0 Å². The fraction of sp³-hybridized carbons (Fsp3) is 0.222. The van der Waals surface area contributed by atoms with Crippen LogP contribution < -0.4 is 5.43 Å². The Labute approximate surface area is 134 Å². The van der Waals surface area contributed by atoms with Crippen LogP contribution in [0.15, 0.2) is 47.6 Å². The number of carbonyl (C=O) groups excluding carboxylic acids is 1. The van der Waals surface area contributed by atoms with Gasteiger partial charge in [0.2, 0.25) is 0 Å². The van der Waals surface area contributed by atoms with E-state index in [4.69, 9.17) is 0 Å². The van der Waals surface area contributed by atoms with Crippen molar-refractivity contribution in [2.24, 2.45) is 5.10 Å². The largest absolute Gasteiger partial charge is 0.271 e. The molecule has 0 aromatic heterocycles. The molecule has 0 saturated carbocycles. The topological polar surface area (TPSA) is 41.5 Å². The van der Waals surface area contributed by atoms with Gasteiger partial charge in [-0.15, -0.1) is 0 Å². The molecule has 2 aromatic carbocycles. The summed E-state index contributed by atoms with van der Waals surface area (Å²) in [6.07, 6.45) is 0.950. The van der Waals surface area contributed by atoms with Crippen LogP contribution in [-0.2, 0) is 5.41 Å². The molecule has 0 spiro atoms. The molecule has 5 heteroatoms. The van der Waals surface area contributed by atoms with Crippen LogP contribution in [0.3, 0.4) is 0 Å². The highest BCUT2D eigenvalue weighted by Gasteiger charge is 2.14. The van der Waals surface area contributed by atoms with E-state index in [0.29, 0.717) is 5.56 Å². The minimum absolute atomic E-state index is 0.00444. The number of hydrogen-bond donors (Lipinski definition) is 1. The molecule has 0 fully saturated rings. The van der Waals surface area contributed by atoms with Crippen molar-refractivity contribution in [1.82, 2.24) is 5.43 Å². The average Bonchev–Trinajstić information content (AvgIpc) is 2.49. The number of hydrazone groups is 1. The number of halogens is 2. The SMILES string of the molecule is CC(C)(C)c1ccc(C(=O)NN=Cc2c(F)cccc2F)cc1. The molecule has 120 valence electrons. The van der Waals surface area contributed by atoms with Crippen molar-refractivity contribution in [3.8, 4) is 0 Å². The molecule has 0 heterocycles. The van der Waals surface area contributed by atoms with Gasteiger partial charge in [-0.1, -0.05) is 39.0 Å². The van der Waals surface area contributed by atoms with E-state index in [2.05, 4.69) is 31.3 Å². The minimum Gasteiger partial charge on any atom is -0.267 e. The van der Waals surface area contributed by atoms with Crippen LogP contribution in [0.2, 0.25) is 0 Å². The van der Waals surface area contributed by atoms with Crippen LogP contribution in [0.4, 0.5) is 8.78 Å². The Morgan fingerprint density at radius 2 is 1.61 bits per heavy atom. The molecular weight excluding hydrogens is 298 g/mol. The summed E-state index contributed by atoms with van der Waals surface area (Å²) in [5, 5.41) is 3.61. The standard InChI is InChI=1S/C18H18F2N2O/c1-18(2,3)13-9-7-12(8-10-13)17(23)22-21-11-14-15(19)5-4-6-16(14)20/h4-11H,1-3H3,(H,22,23). The van der Waals surface area contributed by atoms with E-state index in [1.807, 2.05) is 12.1 Å². The maximum absolute atomic E-state index is 13.4. The Kier molecular flexibility index (Phi) is 4.89. The number of amides is 1. The molecule has 2 rings (SSSR count). The van der Waals surface area contributed by atoms with Crippen LogP contribution in [0, 0.1) is 11.6 Å². The van der Waals surface area contributed by atoms with Gasteiger partial charge >= 0.3 is 0 Å². The number of benzene rings is 2. The van der Waals surface area contributed by atoms with Gasteiger partial charge in [-0.2, -0.15) is 5.10 Å². The highest BCUT2D eigenvalue weighted by Crippen LogP contribution is 2.22. The summed E-state index contributed by atoms with van der Waals surface area (Å²) in [6.45, 7) is 6.24. The van der Waals surface area contributed by atoms with Gasteiger partial charge in [-0.3, -0.25) is 4.79 Å². The van der Waals surface area contributed by atoms with Crippen molar-refractivity contribution < 1.29 is 13.6 Å². The Morgan fingerprint density at radius 3 is 2.13 bits per heavy atom. The quantitative estimate of drug-likeness (QED) is 0.674. The van der Waals surface area contributed by atoms with Gasteiger partial charge in [-0.05, 0) is 35.2 Å². The van der Waals surface area contributed by atoms with E-state index in [1.165, 1.54) is 6.07 Å². The molecule has 23 heavy (non-hydrogen) atoms. The summed E-state index contributed by atoms with van der Waals surface area (Å²) < 4.78 is 26.8. The highest BCUT2D eigenvalue weighted by atomic mass is 19.1. The Balaban J connectivity index is 2.06. The number of nitrogens with zero attached hydrogens (tertiary/aromatic N) is 1. The number of nitrogens with one attached hydrogen (secondary N) is 1. The molecular formula is C18H18F2N2O. The van der Waals surface area contributed by atoms with Gasteiger partial charge in [0.05, 0.1) is 11.8 Å². The minimum atomic E-state index is -0.738. The van der Waals surface area contributed by atoms with E-state index in [1.54, 1.807) is 12.1 Å². The maximum Gasteiger partial charge on any atom is 0.271 e. The van der Waals surface area contributed by atoms with Crippen molar-refractivity contribution in [2.75, 3.05) is 0 Å². The Bertz CT molecular complexity index is 711. The average molecular weight is 316 g/mol. The smallest absolute Gasteiger partial charge is 0.267 e. The van der Waals surface area contributed by atoms with Gasteiger partial charge in [0, 0.05) is 5.56 Å². The van der Waals surface area contributed by atoms with Crippen molar-refractivity contribution >= 4 is 12.1 Å². The van der Waals surface area contributed by atoms with Crippen molar-refractivity contribution in [1.29, 1.82) is 0 Å². The Morgan fingerprint density at radius 1 is 1.04 bits per heavy atom. The van der Waals surface area contributed by atoms with Gasteiger partial charge in [-0.25, -0.2) is 14.2 Å².